The van der Waals surface area contributed by atoms with Gasteiger partial charge < -0.3 is 14.4 Å². The third-order valence-corrected chi connectivity index (χ3v) is 6.22. The largest absolute Gasteiger partial charge is 0.493 e. The van der Waals surface area contributed by atoms with Crippen LogP contribution in [0.25, 0.3) is 0 Å². The molecule has 0 amide bonds. The van der Waals surface area contributed by atoms with Crippen molar-refractivity contribution < 1.29 is 18.7 Å². The fraction of sp³-hybridized carbons (Fsp3) is 0.458. The first-order valence-electron chi connectivity index (χ1n) is 10.4. The Balaban J connectivity index is 1.50. The number of nitrogens with zero attached hydrogens (tertiary/aromatic N) is 1. The zero-order valence-electron chi connectivity index (χ0n) is 17.2. The molecular weight excluding hydrogens is 369 g/mol. The third-order valence-electron chi connectivity index (χ3n) is 6.22. The molecule has 1 aliphatic heterocycles. The average molecular weight is 397 g/mol. The van der Waals surface area contributed by atoms with Gasteiger partial charge >= 0.3 is 0 Å². The highest BCUT2D eigenvalue weighted by atomic mass is 19.1. The molecule has 2 aromatic rings. The Hall–Kier alpha value is -2.40. The molecule has 0 N–H and O–H groups in total. The summed E-state index contributed by atoms with van der Waals surface area (Å²) in [5.74, 6) is 0.284. The Labute approximate surface area is 171 Å². The maximum Gasteiger partial charge on any atom is 0.171 e. The average Bonchev–Trinajstić information content (AvgIpc) is 3.07. The molecule has 5 heteroatoms. The highest BCUT2D eigenvalue weighted by molar-refractivity contribution is 6.06. The quantitative estimate of drug-likeness (QED) is 0.725. The summed E-state index contributed by atoms with van der Waals surface area (Å²) in [6.07, 6.45) is 5.15. The Morgan fingerprint density at radius 2 is 1.76 bits per heavy atom. The second kappa shape index (κ2) is 8.54. The van der Waals surface area contributed by atoms with Crippen molar-refractivity contribution in [2.75, 3.05) is 33.9 Å². The lowest BCUT2D eigenvalue weighted by Crippen LogP contribution is -2.31. The molecule has 154 valence electrons. The number of piperidine rings is 1. The molecule has 1 aliphatic carbocycles. The van der Waals surface area contributed by atoms with Crippen molar-refractivity contribution in [1.29, 1.82) is 0 Å². The smallest absolute Gasteiger partial charge is 0.171 e. The molecule has 4 rings (SSSR count). The minimum atomic E-state index is -0.488. The van der Waals surface area contributed by atoms with Gasteiger partial charge in [0.1, 0.15) is 5.82 Å². The number of benzene rings is 2. The van der Waals surface area contributed by atoms with E-state index in [9.17, 15) is 9.18 Å². The van der Waals surface area contributed by atoms with E-state index in [-0.39, 0.29) is 11.6 Å². The summed E-state index contributed by atoms with van der Waals surface area (Å²) in [6, 6.07) is 8.92. The van der Waals surface area contributed by atoms with E-state index in [0.29, 0.717) is 29.0 Å². The molecule has 2 aromatic carbocycles. The summed E-state index contributed by atoms with van der Waals surface area (Å²) in [6.45, 7) is 3.25. The van der Waals surface area contributed by atoms with Gasteiger partial charge in [0.05, 0.1) is 20.1 Å². The number of likely N-dealkylation sites (tertiary alicyclic amines) is 1. The van der Waals surface area contributed by atoms with Gasteiger partial charge in [0.25, 0.3) is 0 Å². The molecule has 2 aliphatic rings. The minimum absolute atomic E-state index is 0.0547. The van der Waals surface area contributed by atoms with Crippen LogP contribution in [0.15, 0.2) is 30.3 Å². The maximum atomic E-state index is 14.9. The number of methoxy groups -OCH3 is 2. The van der Waals surface area contributed by atoms with Crippen LogP contribution in [0.1, 0.15) is 52.2 Å². The highest BCUT2D eigenvalue weighted by Crippen LogP contribution is 2.40. The van der Waals surface area contributed by atoms with Gasteiger partial charge in [-0.1, -0.05) is 18.6 Å². The van der Waals surface area contributed by atoms with E-state index in [1.54, 1.807) is 32.4 Å². The Kier molecular flexibility index (Phi) is 5.86. The number of carbonyl (C=O) groups excluding carboxylic acids is 1. The summed E-state index contributed by atoms with van der Waals surface area (Å²) < 4.78 is 25.6. The summed E-state index contributed by atoms with van der Waals surface area (Å²) in [7, 11) is 3.12. The topological polar surface area (TPSA) is 38.8 Å². The predicted octanol–water partition coefficient (Wildman–Crippen LogP) is 4.39. The van der Waals surface area contributed by atoms with Gasteiger partial charge in [-0.3, -0.25) is 4.79 Å². The molecule has 0 radical (unpaired) electrons. The van der Waals surface area contributed by atoms with Gasteiger partial charge in [0.15, 0.2) is 17.3 Å². The standard InChI is InChI=1S/C24H28FNO3/c1-28-22-14-17-13-20(24(27)19(17)15-23(22)29-2)18-7-6-16(12-21(18)25)8-11-26-9-4-3-5-10-26/h6-7,12,14-15,20H,3-5,8-11,13H2,1-2H3. The summed E-state index contributed by atoms with van der Waals surface area (Å²) in [5.41, 5.74) is 2.95. The van der Waals surface area contributed by atoms with Crippen molar-refractivity contribution in [2.24, 2.45) is 0 Å². The van der Waals surface area contributed by atoms with Crippen LogP contribution in [0.3, 0.4) is 0 Å². The number of hydrogen-bond donors (Lipinski definition) is 0. The van der Waals surface area contributed by atoms with Crippen molar-refractivity contribution in [3.8, 4) is 11.5 Å². The number of Topliss-reactive ketones (excluding diaryl/α,β-unsaturated/α-hetero) is 1. The van der Waals surface area contributed by atoms with Crippen LogP contribution in [-0.4, -0.2) is 44.5 Å². The Morgan fingerprint density at radius 3 is 2.45 bits per heavy atom. The van der Waals surface area contributed by atoms with Crippen molar-refractivity contribution in [3.05, 3.63) is 58.4 Å². The van der Waals surface area contributed by atoms with Crippen molar-refractivity contribution >= 4 is 5.78 Å². The fourth-order valence-corrected chi connectivity index (χ4v) is 4.55. The Bertz CT molecular complexity index is 905. The summed E-state index contributed by atoms with van der Waals surface area (Å²) in [4.78, 5) is 15.4. The van der Waals surface area contributed by atoms with Crippen LogP contribution < -0.4 is 9.47 Å². The molecule has 1 heterocycles. The van der Waals surface area contributed by atoms with Crippen LogP contribution in [-0.2, 0) is 12.8 Å². The number of hydrogen-bond acceptors (Lipinski definition) is 4. The van der Waals surface area contributed by atoms with Gasteiger partial charge in [0, 0.05) is 12.1 Å². The van der Waals surface area contributed by atoms with Crippen LogP contribution in [0.4, 0.5) is 4.39 Å². The van der Waals surface area contributed by atoms with E-state index < -0.39 is 5.92 Å². The minimum Gasteiger partial charge on any atom is -0.493 e. The summed E-state index contributed by atoms with van der Waals surface area (Å²) >= 11 is 0. The second-order valence-corrected chi connectivity index (χ2v) is 7.99. The van der Waals surface area contributed by atoms with Crippen LogP contribution in [0.2, 0.25) is 0 Å². The van der Waals surface area contributed by atoms with Gasteiger partial charge in [-0.05, 0) is 73.7 Å². The molecule has 0 bridgehead atoms. The lowest BCUT2D eigenvalue weighted by Gasteiger charge is -2.26. The molecule has 0 aromatic heterocycles. The summed E-state index contributed by atoms with van der Waals surface area (Å²) in [5, 5.41) is 0. The van der Waals surface area contributed by atoms with Crippen molar-refractivity contribution in [1.82, 2.24) is 4.90 Å². The molecule has 1 unspecified atom stereocenters. The molecule has 4 nitrogen and oxygen atoms in total. The second-order valence-electron chi connectivity index (χ2n) is 7.99. The van der Waals surface area contributed by atoms with Crippen molar-refractivity contribution in [3.63, 3.8) is 0 Å². The van der Waals surface area contributed by atoms with Gasteiger partial charge in [-0.25, -0.2) is 4.39 Å². The van der Waals surface area contributed by atoms with E-state index in [4.69, 9.17) is 9.47 Å². The van der Waals surface area contributed by atoms with Crippen LogP contribution in [0.5, 0.6) is 11.5 Å². The monoisotopic (exact) mass is 397 g/mol. The number of fused-ring (bicyclic) bond motifs is 1. The van der Waals surface area contributed by atoms with Crippen molar-refractivity contribution in [2.45, 2.75) is 38.0 Å². The molecule has 0 saturated carbocycles. The zero-order chi connectivity index (χ0) is 20.4. The number of rotatable bonds is 6. The fourth-order valence-electron chi connectivity index (χ4n) is 4.55. The predicted molar refractivity (Wildman–Crippen MR) is 111 cm³/mol. The molecule has 1 fully saturated rings. The number of carbonyl (C=O) groups is 1. The SMILES string of the molecule is COc1cc2c(cc1OC)C(=O)C(c1ccc(CCN3CCCCC3)cc1F)C2. The Morgan fingerprint density at radius 1 is 1.03 bits per heavy atom. The molecule has 1 atom stereocenters. The van der Waals surface area contributed by atoms with E-state index in [1.165, 1.54) is 19.3 Å². The van der Waals surface area contributed by atoms with E-state index in [2.05, 4.69) is 4.90 Å². The number of ketones is 1. The van der Waals surface area contributed by atoms with Crippen LogP contribution in [0, 0.1) is 5.82 Å². The number of ether oxygens (including phenoxy) is 2. The first-order valence-corrected chi connectivity index (χ1v) is 10.4. The zero-order valence-corrected chi connectivity index (χ0v) is 17.2. The lowest BCUT2D eigenvalue weighted by molar-refractivity contribution is 0.0971. The third kappa shape index (κ3) is 4.01. The van der Waals surface area contributed by atoms with Gasteiger partial charge in [0.2, 0.25) is 0 Å². The number of halogens is 1. The van der Waals surface area contributed by atoms with Crippen LogP contribution >= 0.6 is 0 Å². The molecule has 29 heavy (non-hydrogen) atoms. The first-order chi connectivity index (χ1) is 14.1. The molecule has 0 spiro atoms. The van der Waals surface area contributed by atoms with E-state index in [1.807, 2.05) is 12.1 Å². The lowest BCUT2D eigenvalue weighted by atomic mass is 9.93. The van der Waals surface area contributed by atoms with E-state index >= 15 is 0 Å². The van der Waals surface area contributed by atoms with E-state index in [0.717, 1.165) is 37.2 Å². The highest BCUT2D eigenvalue weighted by Gasteiger charge is 2.34. The van der Waals surface area contributed by atoms with Gasteiger partial charge in [-0.2, -0.15) is 0 Å². The molecule has 1 saturated heterocycles. The molecular formula is C24H28FNO3. The maximum absolute atomic E-state index is 14.9. The first kappa shape index (κ1) is 19.9. The van der Waals surface area contributed by atoms with Gasteiger partial charge in [-0.15, -0.1) is 0 Å². The normalized spacial score (nSPS) is 19.3.